The summed E-state index contributed by atoms with van der Waals surface area (Å²) < 4.78 is 5.01. The van der Waals surface area contributed by atoms with Gasteiger partial charge in [-0.3, -0.25) is 0 Å². The fourth-order valence-electron chi connectivity index (χ4n) is 0.979. The molecule has 0 saturated carbocycles. The molecule has 6 radical (unpaired) electrons. The summed E-state index contributed by atoms with van der Waals surface area (Å²) in [7, 11) is 16.3. The van der Waals surface area contributed by atoms with Gasteiger partial charge < -0.3 is 4.74 Å². The first-order valence-electron chi connectivity index (χ1n) is 3.11. The Labute approximate surface area is 59.8 Å². The molecule has 0 spiro atoms. The Kier molecular flexibility index (Phi) is 1.95. The Bertz CT molecular complexity index is 104. The van der Waals surface area contributed by atoms with Crippen molar-refractivity contribution in [1.29, 1.82) is 0 Å². The van der Waals surface area contributed by atoms with Crippen LogP contribution in [0.3, 0.4) is 0 Å². The van der Waals surface area contributed by atoms with Crippen LogP contribution in [-0.2, 0) is 4.74 Å². The van der Waals surface area contributed by atoms with E-state index in [1.54, 1.807) is 0 Å². The van der Waals surface area contributed by atoms with Gasteiger partial charge in [-0.2, -0.15) is 0 Å². The van der Waals surface area contributed by atoms with Crippen LogP contribution in [0.25, 0.3) is 0 Å². The SMILES string of the molecule is [B]C1CCCC([B])([B])O1. The zero-order chi connectivity index (χ0) is 6.91. The number of rotatable bonds is 0. The van der Waals surface area contributed by atoms with E-state index in [0.29, 0.717) is 6.42 Å². The van der Waals surface area contributed by atoms with E-state index in [4.69, 9.17) is 28.3 Å². The molecule has 0 N–H and O–H groups in total. The second-order valence-corrected chi connectivity index (χ2v) is 2.50. The molecule has 1 rings (SSSR count). The molecule has 1 heterocycles. The van der Waals surface area contributed by atoms with E-state index in [2.05, 4.69) is 0 Å². The first kappa shape index (κ1) is 7.26. The largest absolute Gasteiger partial charge is 0.401 e. The van der Waals surface area contributed by atoms with Crippen molar-refractivity contribution in [3.05, 3.63) is 0 Å². The summed E-state index contributed by atoms with van der Waals surface area (Å²) in [4.78, 5) is 0. The third-order valence-electron chi connectivity index (χ3n) is 1.43. The second-order valence-electron chi connectivity index (χ2n) is 2.50. The molecule has 1 atom stereocenters. The lowest BCUT2D eigenvalue weighted by atomic mass is 9.60. The molecular weight excluding hydrogens is 108 g/mol. The average Bonchev–Trinajstić information content (AvgIpc) is 1.60. The van der Waals surface area contributed by atoms with Gasteiger partial charge in [-0.05, 0) is 18.2 Å². The summed E-state index contributed by atoms with van der Waals surface area (Å²) in [5.41, 5.74) is 0. The molecule has 1 aliphatic heterocycles. The molecule has 1 nitrogen and oxygen atoms in total. The first-order valence-corrected chi connectivity index (χ1v) is 3.11. The van der Waals surface area contributed by atoms with E-state index in [1.165, 1.54) is 0 Å². The van der Waals surface area contributed by atoms with Crippen LogP contribution >= 0.6 is 0 Å². The molecule has 1 unspecified atom stereocenters. The standard InChI is InChI=1S/C5H7B3O/c6-4-2-1-3-5(7,8)9-4/h4H,1-3H2. The zero-order valence-corrected chi connectivity index (χ0v) is 5.34. The van der Waals surface area contributed by atoms with Crippen molar-refractivity contribution in [3.63, 3.8) is 0 Å². The molecule has 0 amide bonds. The van der Waals surface area contributed by atoms with Crippen LogP contribution in [0.2, 0.25) is 0 Å². The summed E-state index contributed by atoms with van der Waals surface area (Å²) in [6.07, 6.45) is 2.50. The van der Waals surface area contributed by atoms with Crippen molar-refractivity contribution in [3.8, 4) is 0 Å². The molecule has 9 heavy (non-hydrogen) atoms. The van der Waals surface area contributed by atoms with Gasteiger partial charge in [-0.25, -0.2) is 0 Å². The van der Waals surface area contributed by atoms with Crippen molar-refractivity contribution in [2.75, 3.05) is 0 Å². The smallest absolute Gasteiger partial charge is 0.108 e. The van der Waals surface area contributed by atoms with E-state index in [-0.39, 0.29) is 6.00 Å². The van der Waals surface area contributed by atoms with Crippen LogP contribution < -0.4 is 0 Å². The van der Waals surface area contributed by atoms with Crippen molar-refractivity contribution in [1.82, 2.24) is 0 Å². The van der Waals surface area contributed by atoms with Crippen LogP contribution in [0, 0.1) is 0 Å². The van der Waals surface area contributed by atoms with E-state index < -0.39 is 5.40 Å². The summed E-state index contributed by atoms with van der Waals surface area (Å²) in [5.74, 6) is 0. The highest BCUT2D eigenvalue weighted by molar-refractivity contribution is 6.39. The Morgan fingerprint density at radius 1 is 1.44 bits per heavy atom. The minimum Gasteiger partial charge on any atom is -0.401 e. The quantitative estimate of drug-likeness (QED) is 0.393. The Hall–Kier alpha value is 0.155. The second kappa shape index (κ2) is 2.41. The fraction of sp³-hybridized carbons (Fsp3) is 1.00. The Morgan fingerprint density at radius 2 is 2.11 bits per heavy atom. The van der Waals surface area contributed by atoms with Gasteiger partial charge in [0.05, 0.1) is 15.7 Å². The monoisotopic (exact) mass is 116 g/mol. The molecule has 42 valence electrons. The maximum absolute atomic E-state index is 5.44. The van der Waals surface area contributed by atoms with Gasteiger partial charge in [0.1, 0.15) is 7.85 Å². The number of ether oxygens (including phenoxy) is 1. The Balaban J connectivity index is 2.41. The lowest BCUT2D eigenvalue weighted by Gasteiger charge is -2.35. The van der Waals surface area contributed by atoms with Gasteiger partial charge >= 0.3 is 0 Å². The fourth-order valence-corrected chi connectivity index (χ4v) is 0.979. The highest BCUT2D eigenvalue weighted by Gasteiger charge is 2.24. The maximum Gasteiger partial charge on any atom is 0.108 e. The highest BCUT2D eigenvalue weighted by Crippen LogP contribution is 2.21. The lowest BCUT2D eigenvalue weighted by molar-refractivity contribution is 0.0124. The summed E-state index contributed by atoms with van der Waals surface area (Å²) in [5, 5.41) is -0.975. The molecular formula is C5H7B3O. The number of hydrogen-bond acceptors (Lipinski definition) is 1. The zero-order valence-electron chi connectivity index (χ0n) is 5.34. The Morgan fingerprint density at radius 3 is 2.44 bits per heavy atom. The molecule has 0 aromatic rings. The van der Waals surface area contributed by atoms with Crippen LogP contribution in [0.15, 0.2) is 0 Å². The third kappa shape index (κ3) is 2.09. The minimum absolute atomic E-state index is 0.270. The van der Waals surface area contributed by atoms with E-state index in [0.717, 1.165) is 12.8 Å². The van der Waals surface area contributed by atoms with Crippen molar-refractivity contribution in [2.45, 2.75) is 30.7 Å². The van der Waals surface area contributed by atoms with Crippen molar-refractivity contribution in [2.24, 2.45) is 0 Å². The van der Waals surface area contributed by atoms with Crippen molar-refractivity contribution < 1.29 is 4.74 Å². The number of hydrogen-bond donors (Lipinski definition) is 0. The average molecular weight is 116 g/mol. The summed E-state index contributed by atoms with van der Waals surface area (Å²) in [6.45, 7) is 0. The van der Waals surface area contributed by atoms with Gasteiger partial charge in [-0.15, -0.1) is 0 Å². The highest BCUT2D eigenvalue weighted by atomic mass is 16.5. The van der Waals surface area contributed by atoms with Crippen molar-refractivity contribution >= 4 is 23.5 Å². The van der Waals surface area contributed by atoms with Crippen LogP contribution in [0.5, 0.6) is 0 Å². The molecule has 0 aromatic carbocycles. The predicted molar refractivity (Wildman–Crippen MR) is 38.7 cm³/mol. The molecule has 0 aromatic heterocycles. The van der Waals surface area contributed by atoms with Gasteiger partial charge in [0.15, 0.2) is 0 Å². The molecule has 1 fully saturated rings. The van der Waals surface area contributed by atoms with Crippen LogP contribution in [0.1, 0.15) is 19.3 Å². The minimum atomic E-state index is -0.975. The van der Waals surface area contributed by atoms with E-state index in [9.17, 15) is 0 Å². The third-order valence-corrected chi connectivity index (χ3v) is 1.43. The van der Waals surface area contributed by atoms with Gasteiger partial charge in [0, 0.05) is 6.00 Å². The molecule has 0 aliphatic carbocycles. The predicted octanol–water partition coefficient (Wildman–Crippen LogP) is -0.328. The van der Waals surface area contributed by atoms with Gasteiger partial charge in [-0.1, -0.05) is 6.42 Å². The van der Waals surface area contributed by atoms with E-state index in [1.807, 2.05) is 0 Å². The van der Waals surface area contributed by atoms with E-state index >= 15 is 0 Å². The molecule has 0 bridgehead atoms. The van der Waals surface area contributed by atoms with Crippen LogP contribution in [-0.4, -0.2) is 34.9 Å². The van der Waals surface area contributed by atoms with Gasteiger partial charge in [0.2, 0.25) is 0 Å². The molecule has 4 heteroatoms. The summed E-state index contributed by atoms with van der Waals surface area (Å²) in [6, 6.07) is -0.270. The molecule has 1 aliphatic rings. The first-order chi connectivity index (χ1) is 4.10. The topological polar surface area (TPSA) is 9.23 Å². The van der Waals surface area contributed by atoms with Gasteiger partial charge in [0.25, 0.3) is 0 Å². The lowest BCUT2D eigenvalue weighted by Crippen LogP contribution is -2.41. The normalized spacial score (nSPS) is 34.0. The molecule has 1 saturated heterocycles. The van der Waals surface area contributed by atoms with Crippen LogP contribution in [0.4, 0.5) is 0 Å². The summed E-state index contributed by atoms with van der Waals surface area (Å²) >= 11 is 0. The maximum atomic E-state index is 5.44.